The molecule has 0 fully saturated rings. The fourth-order valence-electron chi connectivity index (χ4n) is 2.17. The molecule has 2 rings (SSSR count). The number of hydrogen-bond donors (Lipinski definition) is 3. The number of nitrogens with one attached hydrogen (secondary N) is 1. The molecule has 0 radical (unpaired) electrons. The Kier molecular flexibility index (Phi) is 3.82. The van der Waals surface area contributed by atoms with Crippen molar-refractivity contribution in [1.82, 2.24) is 4.98 Å². The van der Waals surface area contributed by atoms with E-state index in [2.05, 4.69) is 30.1 Å². The summed E-state index contributed by atoms with van der Waals surface area (Å²) < 4.78 is 0. The summed E-state index contributed by atoms with van der Waals surface area (Å²) in [6.45, 7) is 2.73. The molecule has 0 saturated carbocycles. The first-order valence-electron chi connectivity index (χ1n) is 6.15. The molecule has 1 heterocycles. The van der Waals surface area contributed by atoms with Gasteiger partial charge in [-0.25, -0.2) is 0 Å². The summed E-state index contributed by atoms with van der Waals surface area (Å²) >= 11 is 0. The third kappa shape index (κ3) is 2.87. The molecule has 4 N–H and O–H groups in total. The molecule has 0 aliphatic carbocycles. The summed E-state index contributed by atoms with van der Waals surface area (Å²) in [5.41, 5.74) is 9.01. The minimum absolute atomic E-state index is 0.293. The van der Waals surface area contributed by atoms with Crippen molar-refractivity contribution in [3.63, 3.8) is 0 Å². The molecule has 17 heavy (non-hydrogen) atoms. The maximum atomic E-state index is 9.91. The quantitative estimate of drug-likeness (QED) is 0.739. The van der Waals surface area contributed by atoms with E-state index in [1.165, 1.54) is 16.5 Å². The zero-order chi connectivity index (χ0) is 12.3. The Labute approximate surface area is 102 Å². The average Bonchev–Trinajstić information content (AvgIpc) is 2.69. The third-order valence-corrected chi connectivity index (χ3v) is 3.12. The van der Waals surface area contributed by atoms with Crippen molar-refractivity contribution in [2.45, 2.75) is 32.3 Å². The topological polar surface area (TPSA) is 62.0 Å². The van der Waals surface area contributed by atoms with Gasteiger partial charge < -0.3 is 15.8 Å². The molecule has 0 amide bonds. The molecule has 3 nitrogen and oxygen atoms in total. The van der Waals surface area contributed by atoms with E-state index in [9.17, 15) is 5.11 Å². The highest BCUT2D eigenvalue weighted by Crippen LogP contribution is 2.21. The first kappa shape index (κ1) is 12.1. The smallest absolute Gasteiger partial charge is 0.0581 e. The fourth-order valence-corrected chi connectivity index (χ4v) is 2.17. The van der Waals surface area contributed by atoms with E-state index in [0.29, 0.717) is 13.0 Å². The minimum Gasteiger partial charge on any atom is -0.393 e. The van der Waals surface area contributed by atoms with E-state index in [-0.39, 0.29) is 6.10 Å². The summed E-state index contributed by atoms with van der Waals surface area (Å²) in [7, 11) is 0. The van der Waals surface area contributed by atoms with Gasteiger partial charge >= 0.3 is 0 Å². The fraction of sp³-hybridized carbons (Fsp3) is 0.429. The number of nitrogens with two attached hydrogens (primary N) is 1. The summed E-state index contributed by atoms with van der Waals surface area (Å²) in [4.78, 5) is 3.24. The zero-order valence-electron chi connectivity index (χ0n) is 10.2. The first-order valence-corrected chi connectivity index (χ1v) is 6.15. The van der Waals surface area contributed by atoms with Crippen LogP contribution in [-0.4, -0.2) is 22.7 Å². The van der Waals surface area contributed by atoms with Gasteiger partial charge in [0.2, 0.25) is 0 Å². The number of aromatic nitrogens is 1. The Morgan fingerprint density at radius 2 is 2.24 bits per heavy atom. The number of aryl methyl sites for hydroxylation is 1. The van der Waals surface area contributed by atoms with Gasteiger partial charge in [0, 0.05) is 23.5 Å². The number of aliphatic hydroxyl groups is 1. The summed E-state index contributed by atoms with van der Waals surface area (Å²) in [6, 6.07) is 6.34. The zero-order valence-corrected chi connectivity index (χ0v) is 10.2. The van der Waals surface area contributed by atoms with Gasteiger partial charge in [-0.05, 0) is 44.0 Å². The van der Waals surface area contributed by atoms with Gasteiger partial charge in [0.15, 0.2) is 0 Å². The molecule has 2 aromatic rings. The van der Waals surface area contributed by atoms with E-state index < -0.39 is 0 Å². The number of aliphatic hydroxyl groups excluding tert-OH is 1. The minimum atomic E-state index is -0.293. The molecule has 92 valence electrons. The van der Waals surface area contributed by atoms with E-state index in [4.69, 9.17) is 5.73 Å². The number of aromatic amines is 1. The van der Waals surface area contributed by atoms with Gasteiger partial charge in [0.1, 0.15) is 0 Å². The summed E-state index contributed by atoms with van der Waals surface area (Å²) in [6.07, 6.45) is 4.05. The lowest BCUT2D eigenvalue weighted by atomic mass is 10.0. The van der Waals surface area contributed by atoms with Crippen LogP contribution in [0.5, 0.6) is 0 Å². The summed E-state index contributed by atoms with van der Waals surface area (Å²) in [5, 5.41) is 11.1. The molecule has 1 aromatic carbocycles. The molecule has 1 unspecified atom stereocenters. The van der Waals surface area contributed by atoms with Crippen molar-refractivity contribution in [3.8, 4) is 0 Å². The molecule has 0 spiro atoms. The van der Waals surface area contributed by atoms with Crippen LogP contribution in [0.25, 0.3) is 10.9 Å². The normalized spacial score (nSPS) is 13.1. The van der Waals surface area contributed by atoms with Crippen LogP contribution in [0.3, 0.4) is 0 Å². The van der Waals surface area contributed by atoms with Crippen molar-refractivity contribution in [2.24, 2.45) is 5.73 Å². The predicted molar refractivity (Wildman–Crippen MR) is 71.0 cm³/mol. The van der Waals surface area contributed by atoms with Crippen LogP contribution in [-0.2, 0) is 6.42 Å². The van der Waals surface area contributed by atoms with Gasteiger partial charge in [-0.1, -0.05) is 11.6 Å². The van der Waals surface area contributed by atoms with Gasteiger partial charge in [-0.2, -0.15) is 0 Å². The number of hydrogen-bond acceptors (Lipinski definition) is 2. The highest BCUT2D eigenvalue weighted by molar-refractivity contribution is 5.83. The highest BCUT2D eigenvalue weighted by atomic mass is 16.3. The summed E-state index contributed by atoms with van der Waals surface area (Å²) in [5.74, 6) is 0. The van der Waals surface area contributed by atoms with Crippen LogP contribution < -0.4 is 5.73 Å². The van der Waals surface area contributed by atoms with E-state index in [1.807, 2.05) is 6.20 Å². The molecule has 0 bridgehead atoms. The molecule has 1 aromatic heterocycles. The molecule has 3 heteroatoms. The van der Waals surface area contributed by atoms with Crippen molar-refractivity contribution < 1.29 is 5.11 Å². The van der Waals surface area contributed by atoms with Crippen LogP contribution in [0.1, 0.15) is 24.0 Å². The van der Waals surface area contributed by atoms with Crippen LogP contribution in [0.4, 0.5) is 0 Å². The second-order valence-electron chi connectivity index (χ2n) is 4.65. The number of H-pyrrole nitrogens is 1. The second-order valence-corrected chi connectivity index (χ2v) is 4.65. The lowest BCUT2D eigenvalue weighted by Gasteiger charge is -2.08. The third-order valence-electron chi connectivity index (χ3n) is 3.12. The number of rotatable bonds is 5. The van der Waals surface area contributed by atoms with Crippen molar-refractivity contribution in [1.29, 1.82) is 0 Å². The molecular weight excluding hydrogens is 212 g/mol. The van der Waals surface area contributed by atoms with Crippen molar-refractivity contribution >= 4 is 10.9 Å². The lowest BCUT2D eigenvalue weighted by Crippen LogP contribution is -2.12. The van der Waals surface area contributed by atoms with Crippen LogP contribution >= 0.6 is 0 Å². The molecule has 0 aliphatic heterocycles. The number of fused-ring (bicyclic) bond motifs is 1. The SMILES string of the molecule is Cc1ccc2[nH]cc(CC(O)CCCN)c2c1. The van der Waals surface area contributed by atoms with Gasteiger partial charge in [0.05, 0.1) is 6.10 Å². The Balaban J connectivity index is 2.15. The molecule has 1 atom stereocenters. The predicted octanol–water partition coefficient (Wildman–Crippen LogP) is 2.12. The van der Waals surface area contributed by atoms with Gasteiger partial charge in [-0.15, -0.1) is 0 Å². The monoisotopic (exact) mass is 232 g/mol. The van der Waals surface area contributed by atoms with Gasteiger partial charge in [-0.3, -0.25) is 0 Å². The molecule has 0 aliphatic rings. The van der Waals surface area contributed by atoms with E-state index >= 15 is 0 Å². The van der Waals surface area contributed by atoms with Crippen molar-refractivity contribution in [2.75, 3.05) is 6.54 Å². The second kappa shape index (κ2) is 5.34. The maximum Gasteiger partial charge on any atom is 0.0581 e. The standard InChI is InChI=1S/C14H20N2O/c1-10-4-5-14-13(7-10)11(9-16-14)8-12(17)3-2-6-15/h4-5,7,9,12,16-17H,2-3,6,8,15H2,1H3. The Morgan fingerprint density at radius 3 is 3.00 bits per heavy atom. The Morgan fingerprint density at radius 1 is 1.41 bits per heavy atom. The van der Waals surface area contributed by atoms with Crippen LogP contribution in [0.15, 0.2) is 24.4 Å². The van der Waals surface area contributed by atoms with E-state index in [0.717, 1.165) is 18.4 Å². The van der Waals surface area contributed by atoms with E-state index in [1.54, 1.807) is 0 Å². The molecular formula is C14H20N2O. The lowest BCUT2D eigenvalue weighted by molar-refractivity contribution is 0.163. The van der Waals surface area contributed by atoms with Crippen LogP contribution in [0, 0.1) is 6.92 Å². The largest absolute Gasteiger partial charge is 0.393 e. The Hall–Kier alpha value is -1.32. The average molecular weight is 232 g/mol. The highest BCUT2D eigenvalue weighted by Gasteiger charge is 2.09. The molecule has 0 saturated heterocycles. The number of benzene rings is 1. The first-order chi connectivity index (χ1) is 8.20. The van der Waals surface area contributed by atoms with Gasteiger partial charge in [0.25, 0.3) is 0 Å². The maximum absolute atomic E-state index is 9.91. The Bertz CT molecular complexity index is 490. The van der Waals surface area contributed by atoms with Crippen molar-refractivity contribution in [3.05, 3.63) is 35.5 Å². The van der Waals surface area contributed by atoms with Crippen LogP contribution in [0.2, 0.25) is 0 Å².